The van der Waals surface area contributed by atoms with Crippen LogP contribution in [0.1, 0.15) is 0 Å². The molecule has 1 atom stereocenters. The Morgan fingerprint density at radius 3 is 1.70 bits per heavy atom. The van der Waals surface area contributed by atoms with Gasteiger partial charge in [-0.1, -0.05) is 0 Å². The van der Waals surface area contributed by atoms with Crippen molar-refractivity contribution in [1.82, 2.24) is 0 Å². The summed E-state index contributed by atoms with van der Waals surface area (Å²) in [7, 11) is 0. The molecule has 1 unspecified atom stereocenters. The van der Waals surface area contributed by atoms with Gasteiger partial charge in [-0.05, 0) is 11.6 Å². The highest BCUT2D eigenvalue weighted by Crippen LogP contribution is 2.27. The third-order valence-corrected chi connectivity index (χ3v) is 0.651. The number of hydrogen-bond acceptors (Lipinski definition) is 1. The van der Waals surface area contributed by atoms with Crippen molar-refractivity contribution in [1.29, 1.82) is 0 Å². The maximum atomic E-state index is 11.6. The maximum Gasteiger partial charge on any atom is 0.376 e. The molecule has 0 radical (unpaired) electrons. The first-order chi connectivity index (χ1) is 4.34. The molecule has 0 fully saturated rings. The molecule has 0 bridgehead atoms. The second kappa shape index (κ2) is 3.34. The van der Waals surface area contributed by atoms with Crippen LogP contribution in [0.25, 0.3) is 0 Å². The Kier molecular flexibility index (Phi) is 3.30. The summed E-state index contributed by atoms with van der Waals surface area (Å²) >= 11 is 3.96. The number of hydrogen-bond donors (Lipinski definition) is 0. The predicted octanol–water partition coefficient (Wildman–Crippen LogP) is 2.35. The van der Waals surface area contributed by atoms with E-state index in [4.69, 9.17) is 0 Å². The van der Waals surface area contributed by atoms with Crippen molar-refractivity contribution in [2.45, 2.75) is 18.4 Å². The lowest BCUT2D eigenvalue weighted by atomic mass is 10.7. The Bertz CT molecular complexity index is 102. The van der Waals surface area contributed by atoms with E-state index < -0.39 is 18.4 Å². The van der Waals surface area contributed by atoms with Crippen LogP contribution in [-0.4, -0.2) is 18.4 Å². The largest absolute Gasteiger partial charge is 0.376 e. The summed E-state index contributed by atoms with van der Waals surface area (Å²) in [5.74, 6) is 0. The Balaban J connectivity index is 3.73. The normalized spacial score (nSPS) is 15.9. The average molecular weight is 184 g/mol. The Morgan fingerprint density at radius 1 is 1.20 bits per heavy atom. The zero-order valence-electron chi connectivity index (χ0n) is 4.33. The molecular weight excluding hydrogens is 182 g/mol. The van der Waals surface area contributed by atoms with Crippen LogP contribution in [0.4, 0.5) is 22.0 Å². The fourth-order valence-electron chi connectivity index (χ4n) is 0.167. The quantitative estimate of drug-likeness (QED) is 0.483. The monoisotopic (exact) mass is 184 g/mol. The van der Waals surface area contributed by atoms with E-state index in [1.807, 2.05) is 0 Å². The van der Waals surface area contributed by atoms with Gasteiger partial charge in [0.05, 0.1) is 0 Å². The molecule has 10 heavy (non-hydrogen) atoms. The minimum Gasteiger partial charge on any atom is -0.281 e. The molecule has 0 aliphatic rings. The third kappa shape index (κ3) is 3.84. The first-order valence-corrected chi connectivity index (χ1v) is 2.36. The second-order valence-corrected chi connectivity index (χ2v) is 1.76. The topological polar surface area (TPSA) is 9.23 Å². The van der Waals surface area contributed by atoms with Gasteiger partial charge in [-0.25, -0.2) is 4.39 Å². The molecule has 0 spiro atoms. The van der Waals surface area contributed by atoms with Gasteiger partial charge in [-0.2, -0.15) is 17.6 Å². The summed E-state index contributed by atoms with van der Waals surface area (Å²) in [5, 5.41) is -4.41. The van der Waals surface area contributed by atoms with Gasteiger partial charge in [-0.3, -0.25) is 4.74 Å². The number of ether oxygens (including phenoxy) is 1. The summed E-state index contributed by atoms with van der Waals surface area (Å²) in [6.07, 6.45) is -3.48. The van der Waals surface area contributed by atoms with Gasteiger partial charge < -0.3 is 0 Å². The number of rotatable bonds is 3. The zero-order valence-corrected chi connectivity index (χ0v) is 5.09. The van der Waals surface area contributed by atoms with Crippen molar-refractivity contribution < 1.29 is 26.7 Å². The van der Waals surface area contributed by atoms with Gasteiger partial charge in [0.25, 0.3) is 6.36 Å². The Hall–Kier alpha value is -0.100. The molecule has 0 aliphatic carbocycles. The minimum absolute atomic E-state index is 2.73. The molecule has 1 nitrogen and oxygen atoms in total. The van der Waals surface area contributed by atoms with Crippen LogP contribution in [0.3, 0.4) is 0 Å². The molecule has 0 amide bonds. The van der Waals surface area contributed by atoms with Crippen LogP contribution in [0.15, 0.2) is 0 Å². The van der Waals surface area contributed by atoms with Gasteiger partial charge in [0.2, 0.25) is 0 Å². The highest BCUT2D eigenvalue weighted by atomic mass is 35.5. The highest BCUT2D eigenvalue weighted by molar-refractivity contribution is 6.22. The van der Waals surface area contributed by atoms with Crippen molar-refractivity contribution in [3.05, 3.63) is 0 Å². The molecule has 0 heterocycles. The summed E-state index contributed by atoms with van der Waals surface area (Å²) < 4.78 is 59.0. The van der Waals surface area contributed by atoms with Gasteiger partial charge >= 0.3 is 12.0 Å². The smallest absolute Gasteiger partial charge is 0.281 e. The van der Waals surface area contributed by atoms with E-state index in [0.717, 1.165) is 0 Å². The van der Waals surface area contributed by atoms with Gasteiger partial charge in [0.1, 0.15) is 0 Å². The molecule has 0 aromatic rings. The molecular formula is C3H2ClF5O. The second-order valence-electron chi connectivity index (χ2n) is 1.25. The van der Waals surface area contributed by atoms with Crippen LogP contribution in [0.5, 0.6) is 0 Å². The van der Waals surface area contributed by atoms with E-state index in [1.165, 1.54) is 0 Å². The van der Waals surface area contributed by atoms with Gasteiger partial charge in [-0.15, -0.1) is 0 Å². The molecule has 0 saturated carbocycles. The van der Waals surface area contributed by atoms with Crippen LogP contribution in [0, 0.1) is 0 Å². The standard InChI is InChI=1S/C3H2ClF5O/c4-3(8,9)1(5)10-2(6)7/h1-2H. The van der Waals surface area contributed by atoms with Crippen molar-refractivity contribution >= 4 is 11.6 Å². The Morgan fingerprint density at radius 2 is 1.60 bits per heavy atom. The molecule has 0 aromatic carbocycles. The van der Waals surface area contributed by atoms with Crippen molar-refractivity contribution in [3.8, 4) is 0 Å². The van der Waals surface area contributed by atoms with Crippen LogP contribution in [-0.2, 0) is 4.74 Å². The number of alkyl halides is 6. The predicted molar refractivity (Wildman–Crippen MR) is 22.8 cm³/mol. The van der Waals surface area contributed by atoms with Gasteiger partial charge in [0, 0.05) is 0 Å². The van der Waals surface area contributed by atoms with E-state index >= 15 is 0 Å². The van der Waals surface area contributed by atoms with Crippen molar-refractivity contribution in [2.75, 3.05) is 0 Å². The third-order valence-electron chi connectivity index (χ3n) is 0.480. The lowest BCUT2D eigenvalue weighted by Gasteiger charge is -2.12. The molecule has 0 N–H and O–H groups in total. The fourth-order valence-corrected chi connectivity index (χ4v) is 0.219. The zero-order chi connectivity index (χ0) is 8.36. The van der Waals surface area contributed by atoms with E-state index in [1.54, 1.807) is 0 Å². The maximum absolute atomic E-state index is 11.6. The Labute approximate surface area is 57.7 Å². The van der Waals surface area contributed by atoms with E-state index in [2.05, 4.69) is 16.3 Å². The van der Waals surface area contributed by atoms with Gasteiger partial charge in [0.15, 0.2) is 0 Å². The molecule has 0 saturated heterocycles. The van der Waals surface area contributed by atoms with E-state index in [9.17, 15) is 22.0 Å². The first-order valence-electron chi connectivity index (χ1n) is 1.98. The van der Waals surface area contributed by atoms with Crippen LogP contribution in [0.2, 0.25) is 0 Å². The summed E-state index contributed by atoms with van der Waals surface area (Å²) in [4.78, 5) is 0. The lowest BCUT2D eigenvalue weighted by Crippen LogP contribution is -2.27. The molecule has 0 rings (SSSR count). The van der Waals surface area contributed by atoms with Crippen molar-refractivity contribution in [2.24, 2.45) is 0 Å². The summed E-state index contributed by atoms with van der Waals surface area (Å²) in [6.45, 7) is -3.60. The number of halogens is 6. The fraction of sp³-hybridized carbons (Fsp3) is 1.00. The average Bonchev–Trinajstić information content (AvgIpc) is 1.60. The first kappa shape index (κ1) is 9.90. The van der Waals surface area contributed by atoms with Crippen LogP contribution < -0.4 is 0 Å². The minimum atomic E-state index is -4.41. The molecule has 0 aromatic heterocycles. The molecule has 0 aliphatic heterocycles. The lowest BCUT2D eigenvalue weighted by molar-refractivity contribution is -0.247. The van der Waals surface area contributed by atoms with E-state index in [0.29, 0.717) is 0 Å². The highest BCUT2D eigenvalue weighted by Gasteiger charge is 2.40. The van der Waals surface area contributed by atoms with Crippen LogP contribution >= 0.6 is 11.6 Å². The molecule has 7 heteroatoms. The molecule has 62 valence electrons. The van der Waals surface area contributed by atoms with E-state index in [-0.39, 0.29) is 0 Å². The SMILES string of the molecule is FC(F)OC(F)C(F)(F)Cl. The summed E-state index contributed by atoms with van der Waals surface area (Å²) in [5.41, 5.74) is 0. The summed E-state index contributed by atoms with van der Waals surface area (Å²) in [6, 6.07) is 0. The van der Waals surface area contributed by atoms with Crippen molar-refractivity contribution in [3.63, 3.8) is 0 Å².